The maximum Gasteiger partial charge on any atom is 0.264 e. The average molecular weight is 443 g/mol. The number of thiophene rings is 1. The molecule has 0 aliphatic carbocycles. The van der Waals surface area contributed by atoms with Gasteiger partial charge in [-0.2, -0.15) is 0 Å². The number of nitrogens with two attached hydrogens (primary N) is 1. The van der Waals surface area contributed by atoms with Crippen molar-refractivity contribution in [2.45, 2.75) is 31.4 Å². The zero-order valence-electron chi connectivity index (χ0n) is 17.0. The summed E-state index contributed by atoms with van der Waals surface area (Å²) in [6.07, 6.45) is 1.08. The number of nitrogens with one attached hydrogen (secondary N) is 2. The van der Waals surface area contributed by atoms with Gasteiger partial charge in [-0.3, -0.25) is 14.4 Å². The summed E-state index contributed by atoms with van der Waals surface area (Å²) in [5, 5.41) is 16.1. The zero-order valence-corrected chi connectivity index (χ0v) is 17.9. The summed E-state index contributed by atoms with van der Waals surface area (Å²) in [7, 11) is 0. The minimum absolute atomic E-state index is 0.0184. The first-order valence-corrected chi connectivity index (χ1v) is 11.2. The van der Waals surface area contributed by atoms with Gasteiger partial charge in [-0.25, -0.2) is 0 Å². The van der Waals surface area contributed by atoms with Crippen LogP contribution in [0.4, 0.5) is 5.69 Å². The van der Waals surface area contributed by atoms with Gasteiger partial charge in [0.25, 0.3) is 5.91 Å². The molecule has 2 aliphatic rings. The van der Waals surface area contributed by atoms with Gasteiger partial charge in [0.2, 0.25) is 11.8 Å². The van der Waals surface area contributed by atoms with Crippen LogP contribution in [0.3, 0.4) is 0 Å². The molecular weight excluding hydrogens is 416 g/mol. The Balaban J connectivity index is 1.47. The molecule has 2 saturated heterocycles. The summed E-state index contributed by atoms with van der Waals surface area (Å²) in [6.45, 7) is 1.81. The second kappa shape index (κ2) is 9.17. The third-order valence-electron chi connectivity index (χ3n) is 5.81. The number of anilines is 1. The summed E-state index contributed by atoms with van der Waals surface area (Å²) >= 11 is 1.31. The van der Waals surface area contributed by atoms with Crippen LogP contribution in [0.1, 0.15) is 28.9 Å². The number of carbonyl (C=O) groups excluding carboxylic acids is 3. The summed E-state index contributed by atoms with van der Waals surface area (Å²) in [4.78, 5) is 39.7. The van der Waals surface area contributed by atoms with Crippen LogP contribution in [-0.2, 0) is 9.59 Å². The topological polar surface area (TPSA) is 125 Å². The van der Waals surface area contributed by atoms with Crippen LogP contribution in [0.5, 0.6) is 0 Å². The Morgan fingerprint density at radius 2 is 1.94 bits per heavy atom. The van der Waals surface area contributed by atoms with Crippen LogP contribution >= 0.6 is 11.3 Å². The third-order valence-corrected chi connectivity index (χ3v) is 6.93. The molecule has 1 aromatic carbocycles. The van der Waals surface area contributed by atoms with Gasteiger partial charge in [-0.15, -0.1) is 11.3 Å². The Hall–Kier alpha value is -2.75. The number of hydrogen-bond acceptors (Lipinski definition) is 6. The van der Waals surface area contributed by atoms with Crippen LogP contribution < -0.4 is 16.4 Å². The fraction of sp³-hybridized carbons (Fsp3) is 0.409. The molecular formula is C22H26N4O4S. The second-order valence-corrected chi connectivity index (χ2v) is 9.11. The molecule has 2 atom stereocenters. The average Bonchev–Trinajstić information content (AvgIpc) is 3.41. The maximum absolute atomic E-state index is 12.9. The van der Waals surface area contributed by atoms with Crippen molar-refractivity contribution in [3.05, 3.63) is 41.3 Å². The number of carbonyl (C=O) groups is 3. The van der Waals surface area contributed by atoms with Crippen molar-refractivity contribution in [1.82, 2.24) is 10.2 Å². The van der Waals surface area contributed by atoms with Gasteiger partial charge in [-0.1, -0.05) is 12.1 Å². The van der Waals surface area contributed by atoms with Gasteiger partial charge in [0.15, 0.2) is 0 Å². The number of aliphatic hydroxyl groups is 1. The Morgan fingerprint density at radius 3 is 2.68 bits per heavy atom. The Kier molecular flexibility index (Phi) is 6.35. The summed E-state index contributed by atoms with van der Waals surface area (Å²) < 4.78 is 0. The lowest BCUT2D eigenvalue weighted by atomic mass is 9.97. The first kappa shape index (κ1) is 21.5. The van der Waals surface area contributed by atoms with E-state index in [1.165, 1.54) is 16.2 Å². The van der Waals surface area contributed by atoms with E-state index in [-0.39, 0.29) is 30.7 Å². The molecule has 2 aromatic rings. The number of β-amino-alcohol motifs (C(OH)–C–C–N with tert-alkyl or cyclic N) is 1. The Bertz CT molecular complexity index is 985. The van der Waals surface area contributed by atoms with Gasteiger partial charge in [0.1, 0.15) is 6.04 Å². The molecule has 9 heteroatoms. The van der Waals surface area contributed by atoms with Crippen molar-refractivity contribution in [2.75, 3.05) is 25.0 Å². The van der Waals surface area contributed by atoms with Gasteiger partial charge in [-0.05, 0) is 55.8 Å². The van der Waals surface area contributed by atoms with E-state index in [0.29, 0.717) is 4.88 Å². The first-order valence-electron chi connectivity index (χ1n) is 10.4. The minimum Gasteiger partial charge on any atom is -0.391 e. The van der Waals surface area contributed by atoms with Crippen molar-refractivity contribution < 1.29 is 19.5 Å². The van der Waals surface area contributed by atoms with Crippen molar-refractivity contribution in [1.29, 1.82) is 0 Å². The molecule has 2 aliphatic heterocycles. The van der Waals surface area contributed by atoms with Crippen molar-refractivity contribution in [2.24, 2.45) is 11.7 Å². The van der Waals surface area contributed by atoms with E-state index in [9.17, 15) is 19.5 Å². The molecule has 3 amide bonds. The molecule has 3 heterocycles. The molecule has 2 fully saturated rings. The van der Waals surface area contributed by atoms with E-state index in [2.05, 4.69) is 10.6 Å². The third kappa shape index (κ3) is 4.79. The molecule has 2 unspecified atom stereocenters. The number of rotatable bonds is 5. The fourth-order valence-corrected chi connectivity index (χ4v) is 5.09. The van der Waals surface area contributed by atoms with Crippen LogP contribution in [0.2, 0.25) is 0 Å². The highest BCUT2D eigenvalue weighted by Gasteiger charge is 2.38. The number of piperidine rings is 1. The van der Waals surface area contributed by atoms with Crippen LogP contribution in [-0.4, -0.2) is 59.5 Å². The first-order chi connectivity index (χ1) is 14.9. The van der Waals surface area contributed by atoms with E-state index in [0.717, 1.165) is 42.1 Å². The summed E-state index contributed by atoms with van der Waals surface area (Å²) in [6, 6.07) is 10.3. The number of amides is 3. The highest BCUT2D eigenvalue weighted by atomic mass is 32.1. The largest absolute Gasteiger partial charge is 0.391 e. The smallest absolute Gasteiger partial charge is 0.264 e. The Labute approximate surface area is 184 Å². The minimum atomic E-state index is -0.790. The number of likely N-dealkylation sites (tertiary alicyclic amines) is 1. The number of nitrogens with zero attached hydrogens (tertiary/aromatic N) is 1. The predicted molar refractivity (Wildman–Crippen MR) is 119 cm³/mol. The van der Waals surface area contributed by atoms with E-state index < -0.39 is 18.1 Å². The highest BCUT2D eigenvalue weighted by molar-refractivity contribution is 7.17. The Morgan fingerprint density at radius 1 is 1.16 bits per heavy atom. The van der Waals surface area contributed by atoms with E-state index in [1.807, 2.05) is 30.3 Å². The van der Waals surface area contributed by atoms with Crippen molar-refractivity contribution in [3.63, 3.8) is 0 Å². The lowest BCUT2D eigenvalue weighted by Crippen LogP contribution is -2.43. The fourth-order valence-electron chi connectivity index (χ4n) is 4.14. The lowest BCUT2D eigenvalue weighted by Gasteiger charge is -2.21. The van der Waals surface area contributed by atoms with E-state index >= 15 is 0 Å². The number of hydrogen-bond donors (Lipinski definition) is 4. The van der Waals surface area contributed by atoms with E-state index in [4.69, 9.17) is 5.73 Å². The van der Waals surface area contributed by atoms with Crippen LogP contribution in [0.25, 0.3) is 10.4 Å². The molecule has 164 valence electrons. The molecule has 31 heavy (non-hydrogen) atoms. The lowest BCUT2D eigenvalue weighted by molar-refractivity contribution is -0.122. The molecule has 0 radical (unpaired) electrons. The molecule has 5 N–H and O–H groups in total. The molecule has 4 rings (SSSR count). The summed E-state index contributed by atoms with van der Waals surface area (Å²) in [5.41, 5.74) is 7.00. The van der Waals surface area contributed by atoms with Crippen molar-refractivity contribution in [3.8, 4) is 10.4 Å². The van der Waals surface area contributed by atoms with Gasteiger partial charge in [0.05, 0.1) is 11.0 Å². The quantitative estimate of drug-likeness (QED) is 0.557. The molecule has 8 nitrogen and oxygen atoms in total. The van der Waals surface area contributed by atoms with Gasteiger partial charge in [0, 0.05) is 29.4 Å². The van der Waals surface area contributed by atoms with E-state index in [1.54, 1.807) is 6.07 Å². The number of benzene rings is 1. The monoisotopic (exact) mass is 442 g/mol. The normalized spacial score (nSPS) is 21.8. The number of aliphatic hydroxyl groups excluding tert-OH is 1. The second-order valence-electron chi connectivity index (χ2n) is 8.02. The SMILES string of the molecule is NC(=O)C1CC(O)CN1C(=O)c1ccc(-c2cccc(NC(=O)C3CCNCC3)c2)s1. The zero-order chi connectivity index (χ0) is 22.0. The van der Waals surface area contributed by atoms with Crippen LogP contribution in [0, 0.1) is 5.92 Å². The maximum atomic E-state index is 12.9. The van der Waals surface area contributed by atoms with Gasteiger partial charge >= 0.3 is 0 Å². The standard InChI is InChI=1S/C22H26N4O4S/c23-20(28)17-11-16(27)12-26(17)22(30)19-5-4-18(31-19)14-2-1-3-15(10-14)25-21(29)13-6-8-24-9-7-13/h1-5,10,13,16-17,24,27H,6-9,11-12H2,(H2,23,28)(H,25,29). The van der Waals surface area contributed by atoms with Crippen molar-refractivity contribution >= 4 is 34.7 Å². The molecule has 0 spiro atoms. The predicted octanol–water partition coefficient (Wildman–Crippen LogP) is 1.41. The highest BCUT2D eigenvalue weighted by Crippen LogP contribution is 2.32. The summed E-state index contributed by atoms with van der Waals surface area (Å²) in [5.74, 6) is -0.874. The molecule has 0 saturated carbocycles. The van der Waals surface area contributed by atoms with Gasteiger partial charge < -0.3 is 26.4 Å². The van der Waals surface area contributed by atoms with Crippen LogP contribution in [0.15, 0.2) is 36.4 Å². The molecule has 0 bridgehead atoms. The molecule has 1 aromatic heterocycles. The number of primary amides is 1.